The van der Waals surface area contributed by atoms with E-state index in [1.165, 1.54) is 0 Å². The SMILES string of the molecule is CC12CCC(C(=O)Nc3ccc(Cl)c(Cl)c3)(CC1=NOC(=O)c1ccc(Br)cc1)C2(C)C. The number of carbonyl (C=O) groups excluding carboxylic acids is 2. The van der Waals surface area contributed by atoms with Crippen LogP contribution in [-0.4, -0.2) is 17.6 Å². The molecule has 0 heterocycles. The third-order valence-corrected chi connectivity index (χ3v) is 8.93. The van der Waals surface area contributed by atoms with Crippen LogP contribution in [0.4, 0.5) is 5.69 Å². The number of halogens is 3. The van der Waals surface area contributed by atoms with Crippen LogP contribution in [0.25, 0.3) is 0 Å². The Kier molecular flexibility index (Phi) is 5.93. The molecule has 1 N–H and O–H groups in total. The van der Waals surface area contributed by atoms with Crippen LogP contribution in [0.2, 0.25) is 10.0 Å². The molecular weight excluding hydrogens is 515 g/mol. The number of rotatable bonds is 4. The van der Waals surface area contributed by atoms with Crippen LogP contribution in [-0.2, 0) is 9.63 Å². The van der Waals surface area contributed by atoms with Gasteiger partial charge in [-0.25, -0.2) is 4.79 Å². The van der Waals surface area contributed by atoms with Gasteiger partial charge in [0.1, 0.15) is 0 Å². The zero-order chi connectivity index (χ0) is 23.3. The summed E-state index contributed by atoms with van der Waals surface area (Å²) in [6.07, 6.45) is 1.93. The first-order valence-electron chi connectivity index (χ1n) is 10.3. The van der Waals surface area contributed by atoms with Gasteiger partial charge in [0, 0.05) is 22.0 Å². The molecule has 1 amide bonds. The van der Waals surface area contributed by atoms with Crippen LogP contribution >= 0.6 is 39.1 Å². The Morgan fingerprint density at radius 1 is 1.03 bits per heavy atom. The molecule has 0 spiro atoms. The van der Waals surface area contributed by atoms with E-state index in [1.54, 1.807) is 42.5 Å². The van der Waals surface area contributed by atoms with E-state index in [9.17, 15) is 9.59 Å². The van der Waals surface area contributed by atoms with Crippen molar-refractivity contribution in [1.29, 1.82) is 0 Å². The normalized spacial score (nSPS) is 26.9. The van der Waals surface area contributed by atoms with E-state index < -0.39 is 11.4 Å². The van der Waals surface area contributed by atoms with E-state index in [1.807, 2.05) is 0 Å². The maximum absolute atomic E-state index is 13.5. The van der Waals surface area contributed by atoms with Crippen molar-refractivity contribution in [2.45, 2.75) is 40.0 Å². The van der Waals surface area contributed by atoms with E-state index in [4.69, 9.17) is 28.0 Å². The molecule has 0 aliphatic heterocycles. The van der Waals surface area contributed by atoms with Crippen LogP contribution < -0.4 is 5.32 Å². The highest BCUT2D eigenvalue weighted by Crippen LogP contribution is 2.71. The molecule has 5 nitrogen and oxygen atoms in total. The minimum absolute atomic E-state index is 0.0888. The summed E-state index contributed by atoms with van der Waals surface area (Å²) in [5.41, 5.74) is 0.331. The Labute approximate surface area is 205 Å². The van der Waals surface area contributed by atoms with Gasteiger partial charge in [-0.3, -0.25) is 4.79 Å². The van der Waals surface area contributed by atoms with Gasteiger partial charge in [0.05, 0.1) is 26.7 Å². The monoisotopic (exact) mass is 536 g/mol. The standard InChI is InChI=1S/C24H23BrCl2N2O3/c1-22(2)23(3)10-11-24(22,21(31)28-16-8-9-17(26)18(27)12-16)13-19(23)29-32-20(30)14-4-6-15(25)7-5-14/h4-9,12H,10-11,13H2,1-3H3,(H,28,31). The molecule has 2 saturated carbocycles. The van der Waals surface area contributed by atoms with Gasteiger partial charge in [-0.15, -0.1) is 0 Å². The lowest BCUT2D eigenvalue weighted by molar-refractivity contribution is -0.130. The Hall–Kier alpha value is -1.89. The Bertz CT molecular complexity index is 1130. The zero-order valence-electron chi connectivity index (χ0n) is 18.0. The first-order valence-corrected chi connectivity index (χ1v) is 11.9. The van der Waals surface area contributed by atoms with Gasteiger partial charge in [0.2, 0.25) is 5.91 Å². The molecule has 8 heteroatoms. The highest BCUT2D eigenvalue weighted by atomic mass is 79.9. The van der Waals surface area contributed by atoms with Gasteiger partial charge < -0.3 is 10.2 Å². The summed E-state index contributed by atoms with van der Waals surface area (Å²) in [5, 5.41) is 8.09. The number of hydrogen-bond donors (Lipinski definition) is 1. The maximum Gasteiger partial charge on any atom is 0.365 e. The third kappa shape index (κ3) is 3.57. The molecule has 0 radical (unpaired) electrons. The molecule has 0 saturated heterocycles. The van der Waals surface area contributed by atoms with Gasteiger partial charge >= 0.3 is 5.97 Å². The second-order valence-electron chi connectivity index (χ2n) is 9.22. The van der Waals surface area contributed by atoms with Crippen molar-refractivity contribution in [2.24, 2.45) is 21.4 Å². The minimum Gasteiger partial charge on any atom is -0.326 e. The Balaban J connectivity index is 1.58. The molecule has 168 valence electrons. The predicted molar refractivity (Wildman–Crippen MR) is 130 cm³/mol. The van der Waals surface area contributed by atoms with Crippen molar-refractivity contribution in [1.82, 2.24) is 0 Å². The molecule has 4 rings (SSSR count). The highest BCUT2D eigenvalue weighted by Gasteiger charge is 2.71. The second kappa shape index (κ2) is 8.15. The van der Waals surface area contributed by atoms with Crippen LogP contribution in [0.5, 0.6) is 0 Å². The quantitative estimate of drug-likeness (QED) is 0.333. The van der Waals surface area contributed by atoms with Crippen molar-refractivity contribution in [3.63, 3.8) is 0 Å². The van der Waals surface area contributed by atoms with Crippen molar-refractivity contribution in [3.05, 3.63) is 62.5 Å². The van der Waals surface area contributed by atoms with Gasteiger partial charge in [0.15, 0.2) is 0 Å². The zero-order valence-corrected chi connectivity index (χ0v) is 21.1. The van der Waals surface area contributed by atoms with Crippen LogP contribution in [0.3, 0.4) is 0 Å². The number of benzene rings is 2. The summed E-state index contributed by atoms with van der Waals surface area (Å²) in [6, 6.07) is 11.9. The number of amides is 1. The topological polar surface area (TPSA) is 67.8 Å². The molecule has 2 bridgehead atoms. The van der Waals surface area contributed by atoms with Crippen molar-refractivity contribution in [3.8, 4) is 0 Å². The molecule has 2 aliphatic rings. The lowest BCUT2D eigenvalue weighted by Crippen LogP contribution is -2.43. The van der Waals surface area contributed by atoms with Crippen LogP contribution in [0.15, 0.2) is 52.1 Å². The van der Waals surface area contributed by atoms with Crippen molar-refractivity contribution >= 4 is 62.4 Å². The number of fused-ring (bicyclic) bond motifs is 2. The lowest BCUT2D eigenvalue weighted by Gasteiger charge is -2.39. The summed E-state index contributed by atoms with van der Waals surface area (Å²) in [5.74, 6) is -0.613. The molecule has 2 aromatic carbocycles. The van der Waals surface area contributed by atoms with E-state index in [2.05, 4.69) is 47.2 Å². The van der Waals surface area contributed by atoms with Crippen molar-refractivity contribution < 1.29 is 14.4 Å². The van der Waals surface area contributed by atoms with Gasteiger partial charge in [-0.2, -0.15) is 0 Å². The lowest BCUT2D eigenvalue weighted by atomic mass is 9.64. The average molecular weight is 538 g/mol. The summed E-state index contributed by atoms with van der Waals surface area (Å²) in [6.45, 7) is 6.28. The third-order valence-electron chi connectivity index (χ3n) is 7.66. The highest BCUT2D eigenvalue weighted by molar-refractivity contribution is 9.10. The number of oxime groups is 1. The fourth-order valence-electron chi connectivity index (χ4n) is 5.08. The largest absolute Gasteiger partial charge is 0.365 e. The molecule has 0 aromatic heterocycles. The van der Waals surface area contributed by atoms with Crippen LogP contribution in [0, 0.1) is 16.2 Å². The number of nitrogens with one attached hydrogen (secondary N) is 1. The summed E-state index contributed by atoms with van der Waals surface area (Å²) >= 11 is 15.5. The first kappa shape index (κ1) is 23.3. The number of carbonyl (C=O) groups is 2. The average Bonchev–Trinajstić information content (AvgIpc) is 3.06. The fourth-order valence-corrected chi connectivity index (χ4v) is 5.64. The van der Waals surface area contributed by atoms with E-state index >= 15 is 0 Å². The Morgan fingerprint density at radius 2 is 1.72 bits per heavy atom. The molecule has 2 unspecified atom stereocenters. The minimum atomic E-state index is -0.670. The Morgan fingerprint density at radius 3 is 2.38 bits per heavy atom. The van der Waals surface area contributed by atoms with E-state index in [0.717, 1.165) is 23.0 Å². The van der Waals surface area contributed by atoms with Gasteiger partial charge in [-0.1, -0.05) is 65.1 Å². The predicted octanol–water partition coefficient (Wildman–Crippen LogP) is 7.12. The molecule has 2 atom stereocenters. The summed E-state index contributed by atoms with van der Waals surface area (Å²) in [7, 11) is 0. The van der Waals surface area contributed by atoms with E-state index in [0.29, 0.717) is 27.7 Å². The first-order chi connectivity index (χ1) is 15.0. The second-order valence-corrected chi connectivity index (χ2v) is 11.0. The molecule has 2 aliphatic carbocycles. The van der Waals surface area contributed by atoms with Gasteiger partial charge in [0.25, 0.3) is 0 Å². The summed E-state index contributed by atoms with van der Waals surface area (Å²) in [4.78, 5) is 31.3. The fraction of sp³-hybridized carbons (Fsp3) is 0.375. The van der Waals surface area contributed by atoms with Gasteiger partial charge in [-0.05, 0) is 60.7 Å². The number of hydrogen-bond acceptors (Lipinski definition) is 4. The van der Waals surface area contributed by atoms with E-state index in [-0.39, 0.29) is 16.7 Å². The van der Waals surface area contributed by atoms with Crippen LogP contribution in [0.1, 0.15) is 50.4 Å². The number of anilines is 1. The number of nitrogens with zero attached hydrogens (tertiary/aromatic N) is 1. The maximum atomic E-state index is 13.5. The molecular formula is C24H23BrCl2N2O3. The smallest absolute Gasteiger partial charge is 0.326 e. The molecule has 2 aromatic rings. The molecule has 32 heavy (non-hydrogen) atoms. The summed E-state index contributed by atoms with van der Waals surface area (Å²) < 4.78 is 0.873. The van der Waals surface area contributed by atoms with Crippen molar-refractivity contribution in [2.75, 3.05) is 5.32 Å². The molecule has 2 fully saturated rings.